The Morgan fingerprint density at radius 2 is 1.80 bits per heavy atom. The van der Waals surface area contributed by atoms with E-state index in [2.05, 4.69) is 15.6 Å². The predicted molar refractivity (Wildman–Crippen MR) is 117 cm³/mol. The number of imidazole rings is 1. The zero-order chi connectivity index (χ0) is 21.7. The van der Waals surface area contributed by atoms with Gasteiger partial charge in [0.05, 0.1) is 18.2 Å². The predicted octanol–water partition coefficient (Wildman–Crippen LogP) is 4.50. The quantitative estimate of drug-likeness (QED) is 0.757. The van der Waals surface area contributed by atoms with Gasteiger partial charge in [0, 0.05) is 12.7 Å². The van der Waals surface area contributed by atoms with Gasteiger partial charge in [-0.15, -0.1) is 0 Å². The third-order valence-electron chi connectivity index (χ3n) is 5.34. The lowest BCUT2D eigenvalue weighted by atomic mass is 9.83. The third kappa shape index (κ3) is 5.84. The summed E-state index contributed by atoms with van der Waals surface area (Å²) in [5.41, 5.74) is 2.10. The molecular formula is C23H32N4O3. The van der Waals surface area contributed by atoms with Crippen LogP contribution in [0, 0.1) is 5.92 Å². The van der Waals surface area contributed by atoms with Crippen molar-refractivity contribution < 1.29 is 14.3 Å². The van der Waals surface area contributed by atoms with Crippen LogP contribution in [0.1, 0.15) is 52.9 Å². The zero-order valence-electron chi connectivity index (χ0n) is 18.3. The molecule has 1 fully saturated rings. The Balaban J connectivity index is 1.70. The van der Waals surface area contributed by atoms with Gasteiger partial charge in [0.15, 0.2) is 0 Å². The first kappa shape index (κ1) is 21.9. The lowest BCUT2D eigenvalue weighted by molar-refractivity contribution is -0.119. The second-order valence-corrected chi connectivity index (χ2v) is 8.98. The van der Waals surface area contributed by atoms with Crippen LogP contribution >= 0.6 is 0 Å². The lowest BCUT2D eigenvalue weighted by Crippen LogP contribution is -2.50. The summed E-state index contributed by atoms with van der Waals surface area (Å²) in [6, 6.07) is 7.02. The van der Waals surface area contributed by atoms with Gasteiger partial charge in [-0.2, -0.15) is 0 Å². The van der Waals surface area contributed by atoms with E-state index in [0.717, 1.165) is 36.9 Å². The molecule has 1 aliphatic carbocycles. The van der Waals surface area contributed by atoms with Crippen molar-refractivity contribution in [2.24, 2.45) is 13.0 Å². The average molecular weight is 413 g/mol. The number of carbonyl (C=O) groups excluding carboxylic acids is 2. The van der Waals surface area contributed by atoms with Gasteiger partial charge in [-0.05, 0) is 57.2 Å². The van der Waals surface area contributed by atoms with E-state index in [1.165, 1.54) is 6.42 Å². The van der Waals surface area contributed by atoms with Crippen LogP contribution in [0.5, 0.6) is 0 Å². The van der Waals surface area contributed by atoms with E-state index < -0.39 is 17.7 Å². The highest BCUT2D eigenvalue weighted by molar-refractivity contribution is 5.97. The molecule has 1 saturated carbocycles. The largest absolute Gasteiger partial charge is 0.444 e. The normalized spacial score (nSPS) is 16.0. The van der Waals surface area contributed by atoms with E-state index in [0.29, 0.717) is 5.69 Å². The molecule has 1 heterocycles. The Kier molecular flexibility index (Phi) is 6.80. The first-order chi connectivity index (χ1) is 14.2. The SMILES string of the molecule is Cn1cncc1-c1ccc(NC(=O)[C@@H](NC(=O)OC(C)(C)C)C2CCCCC2)cc1. The number of nitrogens with one attached hydrogen (secondary N) is 2. The van der Waals surface area contributed by atoms with Crippen molar-refractivity contribution in [3.63, 3.8) is 0 Å². The molecule has 0 saturated heterocycles. The second-order valence-electron chi connectivity index (χ2n) is 8.98. The maximum absolute atomic E-state index is 13.1. The number of hydrogen-bond donors (Lipinski definition) is 2. The molecule has 1 aromatic heterocycles. The van der Waals surface area contributed by atoms with Crippen molar-refractivity contribution in [1.29, 1.82) is 0 Å². The lowest BCUT2D eigenvalue weighted by Gasteiger charge is -2.31. The van der Waals surface area contributed by atoms with Crippen LogP contribution < -0.4 is 10.6 Å². The summed E-state index contributed by atoms with van der Waals surface area (Å²) >= 11 is 0. The molecule has 3 rings (SSSR count). The highest BCUT2D eigenvalue weighted by atomic mass is 16.6. The molecule has 1 atom stereocenters. The summed E-state index contributed by atoms with van der Waals surface area (Å²) in [4.78, 5) is 29.6. The van der Waals surface area contributed by atoms with Crippen LogP contribution in [-0.4, -0.2) is 33.2 Å². The minimum atomic E-state index is -0.614. The number of anilines is 1. The summed E-state index contributed by atoms with van der Waals surface area (Å²) in [6.07, 6.45) is 8.17. The molecule has 7 nitrogen and oxygen atoms in total. The van der Waals surface area contributed by atoms with E-state index in [4.69, 9.17) is 4.74 Å². The number of benzene rings is 1. The Morgan fingerprint density at radius 3 is 2.37 bits per heavy atom. The van der Waals surface area contributed by atoms with E-state index in [-0.39, 0.29) is 11.8 Å². The Bertz CT molecular complexity index is 861. The molecule has 162 valence electrons. The zero-order valence-corrected chi connectivity index (χ0v) is 18.3. The van der Waals surface area contributed by atoms with Crippen LogP contribution in [0.2, 0.25) is 0 Å². The fraction of sp³-hybridized carbons (Fsp3) is 0.522. The van der Waals surface area contributed by atoms with E-state index >= 15 is 0 Å². The van der Waals surface area contributed by atoms with Crippen LogP contribution in [0.15, 0.2) is 36.8 Å². The topological polar surface area (TPSA) is 85.3 Å². The van der Waals surface area contributed by atoms with Crippen LogP contribution in [-0.2, 0) is 16.6 Å². The number of hydrogen-bond acceptors (Lipinski definition) is 4. The number of nitrogens with zero attached hydrogens (tertiary/aromatic N) is 2. The smallest absolute Gasteiger partial charge is 0.408 e. The molecule has 7 heteroatoms. The number of rotatable bonds is 5. The van der Waals surface area contributed by atoms with E-state index in [9.17, 15) is 9.59 Å². The highest BCUT2D eigenvalue weighted by Crippen LogP contribution is 2.28. The Labute approximate surface area is 178 Å². The summed E-state index contributed by atoms with van der Waals surface area (Å²) < 4.78 is 7.33. The molecule has 2 N–H and O–H groups in total. The van der Waals surface area contributed by atoms with Crippen molar-refractivity contribution >= 4 is 17.7 Å². The van der Waals surface area contributed by atoms with Gasteiger partial charge in [-0.3, -0.25) is 4.79 Å². The Hall–Kier alpha value is -2.83. The van der Waals surface area contributed by atoms with Gasteiger partial charge in [0.2, 0.25) is 5.91 Å². The highest BCUT2D eigenvalue weighted by Gasteiger charge is 2.32. The van der Waals surface area contributed by atoms with E-state index in [1.807, 2.05) is 56.7 Å². The van der Waals surface area contributed by atoms with Crippen molar-refractivity contribution in [3.8, 4) is 11.3 Å². The van der Waals surface area contributed by atoms with Crippen LogP contribution in [0.4, 0.5) is 10.5 Å². The Morgan fingerprint density at radius 1 is 1.13 bits per heavy atom. The molecule has 0 radical (unpaired) electrons. The van der Waals surface area contributed by atoms with Gasteiger partial charge < -0.3 is 19.9 Å². The molecule has 0 spiro atoms. The molecule has 2 amide bonds. The van der Waals surface area contributed by atoms with Crippen molar-refractivity contribution in [2.75, 3.05) is 5.32 Å². The summed E-state index contributed by atoms with van der Waals surface area (Å²) in [7, 11) is 1.94. The fourth-order valence-electron chi connectivity index (χ4n) is 3.88. The van der Waals surface area contributed by atoms with Gasteiger partial charge >= 0.3 is 6.09 Å². The number of amides is 2. The van der Waals surface area contributed by atoms with Gasteiger partial charge in [0.1, 0.15) is 11.6 Å². The van der Waals surface area contributed by atoms with E-state index in [1.54, 1.807) is 12.5 Å². The molecule has 0 aliphatic heterocycles. The molecule has 30 heavy (non-hydrogen) atoms. The van der Waals surface area contributed by atoms with Gasteiger partial charge in [0.25, 0.3) is 0 Å². The minimum Gasteiger partial charge on any atom is -0.444 e. The van der Waals surface area contributed by atoms with Crippen LogP contribution in [0.25, 0.3) is 11.3 Å². The molecule has 1 aliphatic rings. The van der Waals surface area contributed by atoms with Gasteiger partial charge in [-0.25, -0.2) is 9.78 Å². The van der Waals surface area contributed by atoms with Gasteiger partial charge in [-0.1, -0.05) is 31.4 Å². The fourth-order valence-corrected chi connectivity index (χ4v) is 3.88. The molecule has 2 aromatic rings. The first-order valence-electron chi connectivity index (χ1n) is 10.6. The maximum atomic E-state index is 13.1. The van der Waals surface area contributed by atoms with Crippen LogP contribution in [0.3, 0.4) is 0 Å². The number of ether oxygens (including phenoxy) is 1. The monoisotopic (exact) mass is 412 g/mol. The number of alkyl carbamates (subject to hydrolysis) is 1. The molecule has 1 aromatic carbocycles. The standard InChI is InChI=1S/C23H32N4O3/c1-23(2,3)30-22(29)26-20(17-8-6-5-7-9-17)21(28)25-18-12-10-16(11-13-18)19-14-24-15-27(19)4/h10-15,17,20H,5-9H2,1-4H3,(H,25,28)(H,26,29)/t20-/m0/s1. The number of aryl methyl sites for hydroxylation is 1. The third-order valence-corrected chi connectivity index (χ3v) is 5.34. The molecular weight excluding hydrogens is 380 g/mol. The number of carbonyl (C=O) groups is 2. The molecule has 0 unspecified atom stereocenters. The summed E-state index contributed by atoms with van der Waals surface area (Å²) in [6.45, 7) is 5.43. The second kappa shape index (κ2) is 9.32. The average Bonchev–Trinajstić information content (AvgIpc) is 3.12. The number of aromatic nitrogens is 2. The van der Waals surface area contributed by atoms with Crippen molar-refractivity contribution in [1.82, 2.24) is 14.9 Å². The summed E-state index contributed by atoms with van der Waals surface area (Å²) in [5.74, 6) is -0.0963. The maximum Gasteiger partial charge on any atom is 0.408 e. The summed E-state index contributed by atoms with van der Waals surface area (Å²) in [5, 5.41) is 5.78. The molecule has 0 bridgehead atoms. The van der Waals surface area contributed by atoms with Crippen molar-refractivity contribution in [2.45, 2.75) is 64.5 Å². The first-order valence-corrected chi connectivity index (χ1v) is 10.6. The van der Waals surface area contributed by atoms with Crippen molar-refractivity contribution in [3.05, 3.63) is 36.8 Å². The minimum absolute atomic E-state index is 0.111.